The lowest BCUT2D eigenvalue weighted by atomic mass is 10.2. The maximum Gasteiger partial charge on any atom is 0.180 e. The number of hydrazine groups is 1. The second-order valence-electron chi connectivity index (χ2n) is 5.11. The van der Waals surface area contributed by atoms with E-state index in [0.717, 1.165) is 24.3 Å². The van der Waals surface area contributed by atoms with Gasteiger partial charge in [0, 0.05) is 25.0 Å². The van der Waals surface area contributed by atoms with Gasteiger partial charge in [-0.1, -0.05) is 12.8 Å². The van der Waals surface area contributed by atoms with Gasteiger partial charge in [0.1, 0.15) is 0 Å². The Balaban J connectivity index is 2.06. The van der Waals surface area contributed by atoms with E-state index in [1.165, 1.54) is 12.8 Å². The highest BCUT2D eigenvalue weighted by atomic mass is 16.3. The highest BCUT2D eigenvalue weighted by Gasteiger charge is 2.25. The normalized spacial score (nSPS) is 15.9. The second-order valence-corrected chi connectivity index (χ2v) is 5.11. The minimum Gasteiger partial charge on any atom is -0.395 e. The van der Waals surface area contributed by atoms with E-state index >= 15 is 0 Å². The molecule has 1 aliphatic rings. The fourth-order valence-corrected chi connectivity index (χ4v) is 2.96. The molecule has 2 heterocycles. The van der Waals surface area contributed by atoms with E-state index in [4.69, 9.17) is 5.84 Å². The van der Waals surface area contributed by atoms with Gasteiger partial charge in [-0.15, -0.1) is 0 Å². The Labute approximate surface area is 117 Å². The number of nitrogens with two attached hydrogens (primary N) is 1. The molecule has 0 saturated heterocycles. The van der Waals surface area contributed by atoms with Crippen molar-refractivity contribution in [2.45, 2.75) is 31.7 Å². The lowest BCUT2D eigenvalue weighted by molar-refractivity contribution is 0.297. The molecule has 108 valence electrons. The van der Waals surface area contributed by atoms with Gasteiger partial charge < -0.3 is 19.8 Å². The van der Waals surface area contributed by atoms with Gasteiger partial charge in [-0.3, -0.25) is 0 Å². The number of rotatable bonds is 5. The lowest BCUT2D eigenvalue weighted by Gasteiger charge is -2.29. The van der Waals surface area contributed by atoms with Crippen LogP contribution in [0, 0.1) is 0 Å². The van der Waals surface area contributed by atoms with E-state index in [1.54, 1.807) is 12.4 Å². The van der Waals surface area contributed by atoms with E-state index in [-0.39, 0.29) is 6.61 Å². The molecule has 0 atom stereocenters. The molecule has 1 saturated carbocycles. The Morgan fingerprint density at radius 3 is 2.95 bits per heavy atom. The van der Waals surface area contributed by atoms with Gasteiger partial charge in [0.25, 0.3) is 0 Å². The molecule has 1 fully saturated rings. The van der Waals surface area contributed by atoms with Gasteiger partial charge in [0.15, 0.2) is 17.3 Å². The van der Waals surface area contributed by atoms with Crippen LogP contribution in [-0.4, -0.2) is 38.7 Å². The number of anilines is 2. The number of aromatic nitrogens is 3. The van der Waals surface area contributed by atoms with Crippen LogP contribution < -0.4 is 16.2 Å². The third kappa shape index (κ3) is 2.30. The van der Waals surface area contributed by atoms with Crippen molar-refractivity contribution in [1.82, 2.24) is 14.4 Å². The van der Waals surface area contributed by atoms with Crippen molar-refractivity contribution in [3.63, 3.8) is 0 Å². The molecule has 2 aromatic heterocycles. The standard InChI is InChI=1S/C13H20N6O/c14-17-11-9-18-6-5-15-12(18)13(16-11)19(7-8-20)10-3-1-2-4-10/h5-6,9-10,17,20H,1-4,7-8,14H2. The summed E-state index contributed by atoms with van der Waals surface area (Å²) in [4.78, 5) is 11.1. The Morgan fingerprint density at radius 2 is 2.25 bits per heavy atom. The van der Waals surface area contributed by atoms with Gasteiger partial charge in [-0.25, -0.2) is 15.8 Å². The Bertz CT molecular complexity index is 577. The Hall–Kier alpha value is -1.86. The third-order valence-corrected chi connectivity index (χ3v) is 3.88. The van der Waals surface area contributed by atoms with Crippen LogP contribution in [0.1, 0.15) is 25.7 Å². The predicted molar refractivity (Wildman–Crippen MR) is 77.5 cm³/mol. The van der Waals surface area contributed by atoms with E-state index in [2.05, 4.69) is 20.3 Å². The second kappa shape index (κ2) is 5.64. The molecule has 0 bridgehead atoms. The molecule has 4 N–H and O–H groups in total. The highest BCUT2D eigenvalue weighted by molar-refractivity contribution is 5.67. The number of hydrogen-bond acceptors (Lipinski definition) is 6. The lowest BCUT2D eigenvalue weighted by Crippen LogP contribution is -2.37. The smallest absolute Gasteiger partial charge is 0.180 e. The summed E-state index contributed by atoms with van der Waals surface area (Å²) in [5, 5.41) is 9.37. The van der Waals surface area contributed by atoms with Gasteiger partial charge >= 0.3 is 0 Å². The highest BCUT2D eigenvalue weighted by Crippen LogP contribution is 2.29. The summed E-state index contributed by atoms with van der Waals surface area (Å²) in [6.07, 6.45) is 10.1. The number of imidazole rings is 1. The molecule has 0 radical (unpaired) electrons. The zero-order chi connectivity index (χ0) is 13.9. The molecule has 20 heavy (non-hydrogen) atoms. The minimum atomic E-state index is 0.103. The minimum absolute atomic E-state index is 0.103. The van der Waals surface area contributed by atoms with Crippen LogP contribution in [0.4, 0.5) is 11.6 Å². The van der Waals surface area contributed by atoms with Crippen LogP contribution >= 0.6 is 0 Å². The number of aliphatic hydroxyl groups excluding tert-OH is 1. The topological polar surface area (TPSA) is 91.7 Å². The quantitative estimate of drug-likeness (QED) is 0.551. The number of aliphatic hydroxyl groups is 1. The molecule has 0 aromatic carbocycles. The Morgan fingerprint density at radius 1 is 1.45 bits per heavy atom. The molecule has 0 unspecified atom stereocenters. The van der Waals surface area contributed by atoms with Crippen LogP contribution in [0.3, 0.4) is 0 Å². The molecule has 7 heteroatoms. The SMILES string of the molecule is NNc1cn2ccnc2c(N(CCO)C2CCCC2)n1. The van der Waals surface area contributed by atoms with Crippen molar-refractivity contribution in [2.24, 2.45) is 5.84 Å². The van der Waals surface area contributed by atoms with Gasteiger partial charge in [-0.05, 0) is 12.8 Å². The number of nitrogens with one attached hydrogen (secondary N) is 1. The monoisotopic (exact) mass is 276 g/mol. The summed E-state index contributed by atoms with van der Waals surface area (Å²) >= 11 is 0. The van der Waals surface area contributed by atoms with E-state index in [9.17, 15) is 5.11 Å². The maximum absolute atomic E-state index is 9.37. The van der Waals surface area contributed by atoms with Crippen LogP contribution in [0.25, 0.3) is 5.65 Å². The first-order chi connectivity index (χ1) is 9.83. The van der Waals surface area contributed by atoms with E-state index in [1.807, 2.05) is 10.6 Å². The number of nitrogen functional groups attached to an aromatic ring is 1. The summed E-state index contributed by atoms with van der Waals surface area (Å²) in [6.45, 7) is 0.666. The van der Waals surface area contributed by atoms with Crippen molar-refractivity contribution < 1.29 is 5.11 Å². The predicted octanol–water partition coefficient (Wildman–Crippen LogP) is 0.756. The number of fused-ring (bicyclic) bond motifs is 1. The van der Waals surface area contributed by atoms with Crippen LogP contribution in [-0.2, 0) is 0 Å². The van der Waals surface area contributed by atoms with Crippen LogP contribution in [0.15, 0.2) is 18.6 Å². The fraction of sp³-hybridized carbons (Fsp3) is 0.538. The van der Waals surface area contributed by atoms with Gasteiger partial charge in [0.05, 0.1) is 12.8 Å². The molecular weight excluding hydrogens is 256 g/mol. The maximum atomic E-state index is 9.37. The van der Waals surface area contributed by atoms with Gasteiger partial charge in [-0.2, -0.15) is 0 Å². The molecular formula is C13H20N6O. The largest absolute Gasteiger partial charge is 0.395 e. The van der Waals surface area contributed by atoms with Crippen LogP contribution in [0.2, 0.25) is 0 Å². The summed E-state index contributed by atoms with van der Waals surface area (Å²) in [6, 6.07) is 0.420. The molecule has 0 aliphatic heterocycles. The molecule has 7 nitrogen and oxygen atoms in total. The van der Waals surface area contributed by atoms with Gasteiger partial charge in [0.2, 0.25) is 0 Å². The summed E-state index contributed by atoms with van der Waals surface area (Å²) in [5.41, 5.74) is 3.38. The number of hydrogen-bond donors (Lipinski definition) is 3. The van der Waals surface area contributed by atoms with E-state index < -0.39 is 0 Å². The molecule has 0 amide bonds. The van der Waals surface area contributed by atoms with Crippen LogP contribution in [0.5, 0.6) is 0 Å². The van der Waals surface area contributed by atoms with E-state index in [0.29, 0.717) is 18.4 Å². The van der Waals surface area contributed by atoms with Crippen molar-refractivity contribution in [3.05, 3.63) is 18.6 Å². The summed E-state index contributed by atoms with van der Waals surface area (Å²) < 4.78 is 1.90. The zero-order valence-electron chi connectivity index (χ0n) is 11.4. The average molecular weight is 276 g/mol. The zero-order valence-corrected chi connectivity index (χ0v) is 11.4. The van der Waals surface area contributed by atoms with Crippen molar-refractivity contribution >= 4 is 17.3 Å². The molecule has 3 rings (SSSR count). The summed E-state index contributed by atoms with van der Waals surface area (Å²) in [5.74, 6) is 6.86. The third-order valence-electron chi connectivity index (χ3n) is 3.88. The molecule has 1 aliphatic carbocycles. The average Bonchev–Trinajstić information content (AvgIpc) is 3.14. The fourth-order valence-electron chi connectivity index (χ4n) is 2.96. The molecule has 0 spiro atoms. The first kappa shape index (κ1) is 13.1. The Kier molecular flexibility index (Phi) is 3.70. The first-order valence-corrected chi connectivity index (χ1v) is 7.01. The molecule has 2 aromatic rings. The summed E-state index contributed by atoms with van der Waals surface area (Å²) in [7, 11) is 0. The van der Waals surface area contributed by atoms with Crippen molar-refractivity contribution in [1.29, 1.82) is 0 Å². The number of nitrogens with zero attached hydrogens (tertiary/aromatic N) is 4. The first-order valence-electron chi connectivity index (χ1n) is 7.01. The van der Waals surface area contributed by atoms with Crippen molar-refractivity contribution in [3.8, 4) is 0 Å². The van der Waals surface area contributed by atoms with Crippen molar-refractivity contribution in [2.75, 3.05) is 23.5 Å².